The van der Waals surface area contributed by atoms with Gasteiger partial charge in [0.25, 0.3) is 0 Å². The summed E-state index contributed by atoms with van der Waals surface area (Å²) in [5.41, 5.74) is 7.75. The van der Waals surface area contributed by atoms with Crippen LogP contribution in [-0.4, -0.2) is 23.0 Å². The summed E-state index contributed by atoms with van der Waals surface area (Å²) in [5, 5.41) is 7.18. The molecule has 2 heterocycles. The molecule has 3 rings (SSSR count). The molecule has 4 nitrogen and oxygen atoms in total. The molecule has 0 spiro atoms. The van der Waals surface area contributed by atoms with Gasteiger partial charge in [-0.05, 0) is 37.1 Å². The van der Waals surface area contributed by atoms with Crippen LogP contribution >= 0.6 is 11.6 Å². The zero-order valence-electron chi connectivity index (χ0n) is 11.8. The Morgan fingerprint density at radius 2 is 1.95 bits per heavy atom. The van der Waals surface area contributed by atoms with Crippen LogP contribution in [0.3, 0.4) is 0 Å². The first kappa shape index (κ1) is 14.2. The van der Waals surface area contributed by atoms with E-state index in [1.54, 1.807) is 6.20 Å². The van der Waals surface area contributed by atoms with Crippen LogP contribution in [0.5, 0.6) is 0 Å². The molecule has 0 amide bonds. The molecule has 0 aliphatic carbocycles. The Morgan fingerprint density at radius 1 is 1.29 bits per heavy atom. The molecule has 0 bridgehead atoms. The summed E-state index contributed by atoms with van der Waals surface area (Å²) in [6.45, 7) is 5.68. The highest BCUT2D eigenvalue weighted by atomic mass is 35.5. The number of aromatic nitrogens is 2. The number of halogens is 1. The molecule has 0 radical (unpaired) electrons. The van der Waals surface area contributed by atoms with Crippen molar-refractivity contribution in [1.82, 2.24) is 9.78 Å². The van der Waals surface area contributed by atoms with Crippen molar-refractivity contribution in [3.63, 3.8) is 0 Å². The molecule has 21 heavy (non-hydrogen) atoms. The molecule has 1 aliphatic rings. The SMILES string of the molecule is C=c1/c(=C/N)c(C2CCOCC2)nn1-c1ccc(Cl)cc1. The molecule has 110 valence electrons. The number of hydrogen-bond acceptors (Lipinski definition) is 3. The summed E-state index contributed by atoms with van der Waals surface area (Å²) < 4.78 is 7.26. The van der Waals surface area contributed by atoms with E-state index in [1.807, 2.05) is 28.9 Å². The third kappa shape index (κ3) is 2.69. The summed E-state index contributed by atoms with van der Waals surface area (Å²) >= 11 is 5.94. The first-order valence-corrected chi connectivity index (χ1v) is 7.42. The van der Waals surface area contributed by atoms with E-state index in [4.69, 9.17) is 27.2 Å². The van der Waals surface area contributed by atoms with Crippen molar-refractivity contribution in [2.75, 3.05) is 13.2 Å². The average Bonchev–Trinajstić information content (AvgIpc) is 2.86. The smallest absolute Gasteiger partial charge is 0.0754 e. The summed E-state index contributed by atoms with van der Waals surface area (Å²) in [6, 6.07) is 7.55. The standard InChI is InChI=1S/C16H18ClN3O/c1-11-15(10-18)16(12-6-8-21-9-7-12)19-20(11)14-4-2-13(17)3-5-14/h2-5,10,12H,1,6-9,18H2/b15-10-. The van der Waals surface area contributed by atoms with Crippen LogP contribution in [-0.2, 0) is 4.74 Å². The van der Waals surface area contributed by atoms with Gasteiger partial charge in [-0.2, -0.15) is 5.10 Å². The van der Waals surface area contributed by atoms with E-state index in [2.05, 4.69) is 6.58 Å². The van der Waals surface area contributed by atoms with Crippen molar-refractivity contribution in [3.05, 3.63) is 45.5 Å². The summed E-state index contributed by atoms with van der Waals surface area (Å²) in [5.74, 6) is 0.377. The topological polar surface area (TPSA) is 53.1 Å². The molecular weight excluding hydrogens is 286 g/mol. The minimum Gasteiger partial charge on any atom is -0.404 e. The minimum atomic E-state index is 0.377. The molecule has 1 aliphatic heterocycles. The lowest BCUT2D eigenvalue weighted by atomic mass is 9.95. The van der Waals surface area contributed by atoms with Gasteiger partial charge in [-0.3, -0.25) is 0 Å². The Balaban J connectivity index is 2.09. The van der Waals surface area contributed by atoms with E-state index in [1.165, 1.54) is 0 Å². The van der Waals surface area contributed by atoms with E-state index in [-0.39, 0.29) is 0 Å². The minimum absolute atomic E-state index is 0.377. The molecule has 1 aromatic heterocycles. The molecular formula is C16H18ClN3O. The third-order valence-corrected chi connectivity index (χ3v) is 4.15. The number of ether oxygens (including phenoxy) is 1. The lowest BCUT2D eigenvalue weighted by molar-refractivity contribution is 0.0842. The third-order valence-electron chi connectivity index (χ3n) is 3.90. The maximum Gasteiger partial charge on any atom is 0.0754 e. The number of hydrogen-bond donors (Lipinski definition) is 1. The van der Waals surface area contributed by atoms with Crippen LogP contribution in [0.25, 0.3) is 18.5 Å². The van der Waals surface area contributed by atoms with Gasteiger partial charge in [0.1, 0.15) is 0 Å². The van der Waals surface area contributed by atoms with Crippen molar-refractivity contribution in [2.24, 2.45) is 5.73 Å². The van der Waals surface area contributed by atoms with E-state index in [9.17, 15) is 0 Å². The van der Waals surface area contributed by atoms with Crippen LogP contribution < -0.4 is 16.3 Å². The quantitative estimate of drug-likeness (QED) is 0.915. The average molecular weight is 304 g/mol. The fourth-order valence-corrected chi connectivity index (χ4v) is 2.86. The normalized spacial score (nSPS) is 17.3. The maximum atomic E-state index is 5.94. The van der Waals surface area contributed by atoms with Crippen LogP contribution in [0.4, 0.5) is 0 Å². The van der Waals surface area contributed by atoms with Crippen molar-refractivity contribution in [1.29, 1.82) is 0 Å². The predicted molar refractivity (Wildman–Crippen MR) is 84.8 cm³/mol. The first-order chi connectivity index (χ1) is 10.2. The van der Waals surface area contributed by atoms with Gasteiger partial charge in [-0.1, -0.05) is 18.2 Å². The van der Waals surface area contributed by atoms with Gasteiger partial charge >= 0.3 is 0 Å². The molecule has 0 unspecified atom stereocenters. The van der Waals surface area contributed by atoms with E-state index < -0.39 is 0 Å². The lowest BCUT2D eigenvalue weighted by Gasteiger charge is -2.20. The lowest BCUT2D eigenvalue weighted by Crippen LogP contribution is -2.31. The van der Waals surface area contributed by atoms with E-state index in [0.29, 0.717) is 10.9 Å². The molecule has 0 saturated carbocycles. The van der Waals surface area contributed by atoms with Gasteiger partial charge in [-0.15, -0.1) is 0 Å². The molecule has 2 aromatic rings. The molecule has 0 atom stereocenters. The van der Waals surface area contributed by atoms with Crippen LogP contribution in [0, 0.1) is 0 Å². The molecule has 1 saturated heterocycles. The second-order valence-electron chi connectivity index (χ2n) is 5.19. The zero-order valence-corrected chi connectivity index (χ0v) is 12.5. The Bertz CT molecular complexity index is 730. The molecule has 1 fully saturated rings. The second kappa shape index (κ2) is 5.92. The molecule has 5 heteroatoms. The van der Waals surface area contributed by atoms with Gasteiger partial charge in [0, 0.05) is 35.6 Å². The highest BCUT2D eigenvalue weighted by molar-refractivity contribution is 6.30. The number of benzene rings is 1. The van der Waals surface area contributed by atoms with Crippen LogP contribution in [0.15, 0.2) is 24.3 Å². The molecule has 2 N–H and O–H groups in total. The van der Waals surface area contributed by atoms with Crippen molar-refractivity contribution < 1.29 is 4.74 Å². The van der Waals surface area contributed by atoms with Crippen molar-refractivity contribution in [3.8, 4) is 5.69 Å². The Morgan fingerprint density at radius 3 is 2.57 bits per heavy atom. The molecule has 1 aromatic carbocycles. The van der Waals surface area contributed by atoms with E-state index in [0.717, 1.165) is 48.0 Å². The largest absolute Gasteiger partial charge is 0.404 e. The second-order valence-corrected chi connectivity index (χ2v) is 5.62. The number of rotatable bonds is 2. The van der Waals surface area contributed by atoms with E-state index >= 15 is 0 Å². The highest BCUT2D eigenvalue weighted by Crippen LogP contribution is 2.23. The van der Waals surface area contributed by atoms with Crippen molar-refractivity contribution >= 4 is 24.4 Å². The number of nitrogens with two attached hydrogens (primary N) is 1. The fourth-order valence-electron chi connectivity index (χ4n) is 2.73. The Kier molecular flexibility index (Phi) is 3.99. The predicted octanol–water partition coefficient (Wildman–Crippen LogP) is 1.53. The van der Waals surface area contributed by atoms with Gasteiger partial charge in [-0.25, -0.2) is 4.68 Å². The summed E-state index contributed by atoms with van der Waals surface area (Å²) in [6.07, 6.45) is 3.54. The van der Waals surface area contributed by atoms with Gasteiger partial charge in [0.05, 0.1) is 16.7 Å². The Labute approximate surface area is 128 Å². The summed E-state index contributed by atoms with van der Waals surface area (Å²) in [7, 11) is 0. The summed E-state index contributed by atoms with van der Waals surface area (Å²) in [4.78, 5) is 0. The van der Waals surface area contributed by atoms with Crippen LogP contribution in [0.2, 0.25) is 5.02 Å². The fraction of sp³-hybridized carbons (Fsp3) is 0.312. The van der Waals surface area contributed by atoms with Crippen LogP contribution in [0.1, 0.15) is 24.5 Å². The number of nitrogens with zero attached hydrogens (tertiary/aromatic N) is 2. The maximum absolute atomic E-state index is 5.94. The highest BCUT2D eigenvalue weighted by Gasteiger charge is 2.21. The van der Waals surface area contributed by atoms with Gasteiger partial charge < -0.3 is 10.5 Å². The monoisotopic (exact) mass is 303 g/mol. The first-order valence-electron chi connectivity index (χ1n) is 7.04. The van der Waals surface area contributed by atoms with Gasteiger partial charge in [0.15, 0.2) is 0 Å². The zero-order chi connectivity index (χ0) is 14.8. The Hall–Kier alpha value is -1.78. The van der Waals surface area contributed by atoms with Crippen molar-refractivity contribution in [2.45, 2.75) is 18.8 Å². The van der Waals surface area contributed by atoms with Gasteiger partial charge in [0.2, 0.25) is 0 Å².